The van der Waals surface area contributed by atoms with Gasteiger partial charge in [-0.1, -0.05) is 19.1 Å². The molecule has 1 aromatic heterocycles. The molecule has 2 N–H and O–H groups in total. The monoisotopic (exact) mass is 283 g/mol. The fraction of sp³-hybridized carbons (Fsp3) is 0.412. The first kappa shape index (κ1) is 13.9. The third kappa shape index (κ3) is 2.46. The van der Waals surface area contributed by atoms with Gasteiger partial charge in [0, 0.05) is 24.8 Å². The highest BCUT2D eigenvalue weighted by molar-refractivity contribution is 5.94. The molecule has 0 aliphatic heterocycles. The van der Waals surface area contributed by atoms with E-state index in [2.05, 4.69) is 12.0 Å². The molecule has 0 amide bonds. The number of aryl methyl sites for hydroxylation is 2. The predicted octanol–water partition coefficient (Wildman–Crippen LogP) is 2.41. The molecule has 1 heterocycles. The van der Waals surface area contributed by atoms with E-state index in [-0.39, 0.29) is 11.2 Å². The third-order valence-corrected chi connectivity index (χ3v) is 4.48. The van der Waals surface area contributed by atoms with Crippen molar-refractivity contribution < 1.29 is 4.79 Å². The van der Waals surface area contributed by atoms with Crippen LogP contribution in [0.5, 0.6) is 0 Å². The Hall–Kier alpha value is -2.10. The molecule has 0 unspecified atom stereocenters. The first-order valence-corrected chi connectivity index (χ1v) is 7.46. The molecular weight excluding hydrogens is 262 g/mol. The third-order valence-electron chi connectivity index (χ3n) is 4.48. The van der Waals surface area contributed by atoms with Crippen LogP contribution < -0.4 is 5.73 Å². The molecule has 0 bridgehead atoms. The normalized spacial score (nSPS) is 15.9. The van der Waals surface area contributed by atoms with Crippen molar-refractivity contribution in [2.75, 3.05) is 5.73 Å². The van der Waals surface area contributed by atoms with Crippen LogP contribution in [-0.2, 0) is 30.1 Å². The highest BCUT2D eigenvalue weighted by atomic mass is 16.1. The zero-order valence-corrected chi connectivity index (χ0v) is 12.6. The van der Waals surface area contributed by atoms with Crippen molar-refractivity contribution in [2.24, 2.45) is 7.05 Å². The lowest BCUT2D eigenvalue weighted by molar-refractivity contribution is -0.120. The second-order valence-corrected chi connectivity index (χ2v) is 5.91. The van der Waals surface area contributed by atoms with E-state index in [0.717, 1.165) is 41.9 Å². The average Bonchev–Trinajstić information content (AvgIpc) is 3.21. The molecular formula is C17H21N3O. The van der Waals surface area contributed by atoms with E-state index in [0.29, 0.717) is 6.42 Å². The molecule has 2 aromatic rings. The molecule has 0 radical (unpaired) electrons. The molecule has 0 spiro atoms. The minimum absolute atomic E-state index is 0.287. The number of ketones is 1. The molecule has 1 aromatic carbocycles. The number of nitrogens with two attached hydrogens (primary N) is 1. The number of hydrogen-bond acceptors (Lipinski definition) is 3. The lowest BCUT2D eigenvalue weighted by Crippen LogP contribution is -2.23. The molecule has 0 atom stereocenters. The predicted molar refractivity (Wildman–Crippen MR) is 83.1 cm³/mol. The van der Waals surface area contributed by atoms with Gasteiger partial charge < -0.3 is 5.73 Å². The number of rotatable bonds is 5. The summed E-state index contributed by atoms with van der Waals surface area (Å²) in [5.41, 5.74) is 9.32. The van der Waals surface area contributed by atoms with Crippen LogP contribution in [0.3, 0.4) is 0 Å². The number of nitrogen functional groups attached to an aromatic ring is 1. The standard InChI is InChI=1S/C17H21N3O/c1-3-14-10-15(20(2)19-14)11-16(21)17(8-9-17)12-4-6-13(18)7-5-12/h4-7,10H,3,8-9,11,18H2,1-2H3. The van der Waals surface area contributed by atoms with E-state index < -0.39 is 0 Å². The number of hydrogen-bond donors (Lipinski definition) is 1. The van der Waals surface area contributed by atoms with Crippen LogP contribution in [-0.4, -0.2) is 15.6 Å². The Balaban J connectivity index is 1.81. The fourth-order valence-electron chi connectivity index (χ4n) is 2.90. The van der Waals surface area contributed by atoms with Crippen LogP contribution >= 0.6 is 0 Å². The lowest BCUT2D eigenvalue weighted by Gasteiger charge is -2.14. The zero-order valence-electron chi connectivity index (χ0n) is 12.6. The maximum Gasteiger partial charge on any atom is 0.149 e. The van der Waals surface area contributed by atoms with E-state index in [4.69, 9.17) is 5.73 Å². The summed E-state index contributed by atoms with van der Waals surface area (Å²) in [6.45, 7) is 2.07. The van der Waals surface area contributed by atoms with Crippen LogP contribution in [0.4, 0.5) is 5.69 Å². The Morgan fingerprint density at radius 3 is 2.52 bits per heavy atom. The summed E-state index contributed by atoms with van der Waals surface area (Å²) in [5.74, 6) is 0.290. The second-order valence-electron chi connectivity index (χ2n) is 5.91. The Kier molecular flexibility index (Phi) is 3.32. The molecule has 1 fully saturated rings. The molecule has 0 saturated heterocycles. The minimum Gasteiger partial charge on any atom is -0.399 e. The quantitative estimate of drug-likeness (QED) is 0.857. The maximum absolute atomic E-state index is 12.8. The van der Waals surface area contributed by atoms with Gasteiger partial charge in [0.2, 0.25) is 0 Å². The zero-order chi connectivity index (χ0) is 15.0. The SMILES string of the molecule is CCc1cc(CC(=O)C2(c3ccc(N)cc3)CC2)n(C)n1. The summed E-state index contributed by atoms with van der Waals surface area (Å²) in [7, 11) is 1.91. The van der Waals surface area contributed by atoms with Crippen molar-refractivity contribution in [1.82, 2.24) is 9.78 Å². The van der Waals surface area contributed by atoms with Crippen molar-refractivity contribution in [2.45, 2.75) is 38.0 Å². The van der Waals surface area contributed by atoms with Gasteiger partial charge in [0.15, 0.2) is 0 Å². The summed E-state index contributed by atoms with van der Waals surface area (Å²) < 4.78 is 1.83. The number of Topliss-reactive ketones (excluding diaryl/α,β-unsaturated/α-hetero) is 1. The van der Waals surface area contributed by atoms with E-state index >= 15 is 0 Å². The van der Waals surface area contributed by atoms with Gasteiger partial charge in [0.05, 0.1) is 11.1 Å². The molecule has 4 nitrogen and oxygen atoms in total. The van der Waals surface area contributed by atoms with E-state index in [1.807, 2.05) is 42.1 Å². The molecule has 110 valence electrons. The number of aromatic nitrogens is 2. The Bertz CT molecular complexity index is 666. The average molecular weight is 283 g/mol. The Labute approximate surface area is 125 Å². The van der Waals surface area contributed by atoms with Crippen LogP contribution in [0.15, 0.2) is 30.3 Å². The highest BCUT2D eigenvalue weighted by Crippen LogP contribution is 2.49. The summed E-state index contributed by atoms with van der Waals surface area (Å²) in [4.78, 5) is 12.8. The summed E-state index contributed by atoms with van der Waals surface area (Å²) in [6, 6.07) is 9.77. The first-order valence-electron chi connectivity index (χ1n) is 7.46. The maximum atomic E-state index is 12.8. The minimum atomic E-state index is -0.287. The van der Waals surface area contributed by atoms with Gasteiger partial charge >= 0.3 is 0 Å². The fourth-order valence-corrected chi connectivity index (χ4v) is 2.90. The van der Waals surface area contributed by atoms with Crippen LogP contribution in [0.25, 0.3) is 0 Å². The van der Waals surface area contributed by atoms with E-state index in [9.17, 15) is 4.79 Å². The smallest absolute Gasteiger partial charge is 0.149 e. The van der Waals surface area contributed by atoms with Crippen LogP contribution in [0.1, 0.15) is 36.7 Å². The molecule has 1 aliphatic rings. The van der Waals surface area contributed by atoms with Gasteiger partial charge in [-0.15, -0.1) is 0 Å². The molecule has 1 saturated carbocycles. The summed E-state index contributed by atoms with van der Waals surface area (Å²) in [5, 5.41) is 4.42. The molecule has 21 heavy (non-hydrogen) atoms. The lowest BCUT2D eigenvalue weighted by atomic mass is 9.89. The summed E-state index contributed by atoms with van der Waals surface area (Å²) in [6.07, 6.45) is 3.22. The van der Waals surface area contributed by atoms with Gasteiger partial charge in [0.25, 0.3) is 0 Å². The number of carbonyl (C=O) groups is 1. The Morgan fingerprint density at radius 2 is 2.00 bits per heavy atom. The van der Waals surface area contributed by atoms with Gasteiger partial charge in [-0.3, -0.25) is 9.48 Å². The van der Waals surface area contributed by atoms with Gasteiger partial charge in [-0.05, 0) is 43.0 Å². The van der Waals surface area contributed by atoms with Crippen molar-refractivity contribution >= 4 is 11.5 Å². The highest BCUT2D eigenvalue weighted by Gasteiger charge is 2.50. The largest absolute Gasteiger partial charge is 0.399 e. The van der Waals surface area contributed by atoms with Crippen molar-refractivity contribution in [3.05, 3.63) is 47.3 Å². The topological polar surface area (TPSA) is 60.9 Å². The number of nitrogens with zero attached hydrogens (tertiary/aromatic N) is 2. The van der Waals surface area contributed by atoms with E-state index in [1.54, 1.807) is 0 Å². The summed E-state index contributed by atoms with van der Waals surface area (Å²) >= 11 is 0. The van der Waals surface area contributed by atoms with Crippen molar-refractivity contribution in [1.29, 1.82) is 0 Å². The molecule has 3 rings (SSSR count). The molecule has 1 aliphatic carbocycles. The van der Waals surface area contributed by atoms with Gasteiger partial charge in [-0.2, -0.15) is 5.10 Å². The number of carbonyl (C=O) groups excluding carboxylic acids is 1. The Morgan fingerprint density at radius 1 is 1.33 bits per heavy atom. The van der Waals surface area contributed by atoms with Gasteiger partial charge in [-0.25, -0.2) is 0 Å². The van der Waals surface area contributed by atoms with Gasteiger partial charge in [0.1, 0.15) is 5.78 Å². The van der Waals surface area contributed by atoms with Crippen molar-refractivity contribution in [3.8, 4) is 0 Å². The number of anilines is 1. The molecule has 4 heteroatoms. The van der Waals surface area contributed by atoms with Crippen LogP contribution in [0, 0.1) is 0 Å². The number of benzene rings is 1. The van der Waals surface area contributed by atoms with E-state index in [1.165, 1.54) is 0 Å². The second kappa shape index (κ2) is 5.02. The first-order chi connectivity index (χ1) is 10.0. The van der Waals surface area contributed by atoms with Crippen LogP contribution in [0.2, 0.25) is 0 Å². The van der Waals surface area contributed by atoms with Crippen molar-refractivity contribution in [3.63, 3.8) is 0 Å².